The molecule has 0 fully saturated rings. The van der Waals surface area contributed by atoms with Gasteiger partial charge in [0.25, 0.3) is 5.91 Å². The van der Waals surface area contributed by atoms with Crippen LogP contribution < -0.4 is 10.1 Å². The van der Waals surface area contributed by atoms with Gasteiger partial charge in [0, 0.05) is 0 Å². The number of halogens is 2. The zero-order valence-corrected chi connectivity index (χ0v) is 12.8. The number of benzene rings is 1. The maximum absolute atomic E-state index is 12.9. The molecule has 2 atom stereocenters. The molecule has 0 aliphatic carbocycles. The summed E-state index contributed by atoms with van der Waals surface area (Å²) in [4.78, 5) is 23.0. The molecule has 1 amide bonds. The zero-order chi connectivity index (χ0) is 16.7. The lowest BCUT2D eigenvalue weighted by atomic mass is 10.1. The molecular formula is C15H17ClFNO4. The van der Waals surface area contributed by atoms with Crippen LogP contribution in [0, 0.1) is 5.82 Å². The molecule has 0 radical (unpaired) electrons. The number of carbonyl (C=O) groups excluding carboxylic acids is 1. The summed E-state index contributed by atoms with van der Waals surface area (Å²) in [6.07, 6.45) is 1.28. The Morgan fingerprint density at radius 2 is 2.23 bits per heavy atom. The lowest BCUT2D eigenvalue weighted by molar-refractivity contribution is -0.143. The quantitative estimate of drug-likeness (QED) is 0.719. The first-order valence-electron chi connectivity index (χ1n) is 6.61. The maximum atomic E-state index is 12.9. The average molecular weight is 330 g/mol. The third-order valence-electron chi connectivity index (χ3n) is 2.84. The molecule has 0 aromatic heterocycles. The van der Waals surface area contributed by atoms with Crippen molar-refractivity contribution >= 4 is 23.5 Å². The van der Waals surface area contributed by atoms with Crippen LogP contribution in [0.5, 0.6) is 5.75 Å². The summed E-state index contributed by atoms with van der Waals surface area (Å²) in [5, 5.41) is 11.4. The van der Waals surface area contributed by atoms with Crippen molar-refractivity contribution in [2.24, 2.45) is 0 Å². The van der Waals surface area contributed by atoms with Crippen molar-refractivity contribution in [1.29, 1.82) is 0 Å². The van der Waals surface area contributed by atoms with Gasteiger partial charge in [0.15, 0.2) is 6.10 Å². The van der Waals surface area contributed by atoms with Gasteiger partial charge >= 0.3 is 5.97 Å². The molecule has 0 spiro atoms. The summed E-state index contributed by atoms with van der Waals surface area (Å²) >= 11 is 5.80. The van der Waals surface area contributed by atoms with Crippen molar-refractivity contribution in [3.8, 4) is 5.75 Å². The van der Waals surface area contributed by atoms with E-state index in [9.17, 15) is 14.0 Å². The highest BCUT2D eigenvalue weighted by molar-refractivity contribution is 6.32. The van der Waals surface area contributed by atoms with Gasteiger partial charge in [0.2, 0.25) is 0 Å². The van der Waals surface area contributed by atoms with Gasteiger partial charge in [-0.25, -0.2) is 9.18 Å². The van der Waals surface area contributed by atoms with Gasteiger partial charge in [-0.3, -0.25) is 4.79 Å². The monoisotopic (exact) mass is 329 g/mol. The number of amides is 1. The fourth-order valence-electron chi connectivity index (χ4n) is 1.65. The number of ether oxygens (including phenoxy) is 1. The summed E-state index contributed by atoms with van der Waals surface area (Å²) in [6, 6.07) is 2.48. The number of rotatable bonds is 8. The van der Waals surface area contributed by atoms with Gasteiger partial charge in [-0.15, -0.1) is 6.58 Å². The Morgan fingerprint density at radius 1 is 1.55 bits per heavy atom. The first-order valence-corrected chi connectivity index (χ1v) is 6.98. The van der Waals surface area contributed by atoms with Crippen LogP contribution in [0.4, 0.5) is 4.39 Å². The van der Waals surface area contributed by atoms with Gasteiger partial charge in [0.1, 0.15) is 17.6 Å². The molecular weight excluding hydrogens is 313 g/mol. The standard InChI is InChI=1S/C15H17ClFNO4/c1-3-4-5-12(15(20)21)18-14(19)9(2)22-13-7-6-10(17)8-11(13)16/h3,6-9,12H,1,4-5H2,2H3,(H,18,19)(H,20,21). The molecule has 2 N–H and O–H groups in total. The Kier molecular flexibility index (Phi) is 6.85. The van der Waals surface area contributed by atoms with Gasteiger partial charge in [0.05, 0.1) is 5.02 Å². The summed E-state index contributed by atoms with van der Waals surface area (Å²) in [6.45, 7) is 4.95. The summed E-state index contributed by atoms with van der Waals surface area (Å²) in [5.41, 5.74) is 0. The van der Waals surface area contributed by atoms with Crippen molar-refractivity contribution < 1.29 is 23.8 Å². The van der Waals surface area contributed by atoms with E-state index in [4.69, 9.17) is 21.4 Å². The second kappa shape index (κ2) is 8.38. The van der Waals surface area contributed by atoms with Gasteiger partial charge in [-0.2, -0.15) is 0 Å². The van der Waals surface area contributed by atoms with Crippen LogP contribution in [0.1, 0.15) is 19.8 Å². The maximum Gasteiger partial charge on any atom is 0.326 e. The van der Waals surface area contributed by atoms with Gasteiger partial charge in [-0.1, -0.05) is 17.7 Å². The lowest BCUT2D eigenvalue weighted by Crippen LogP contribution is -2.46. The van der Waals surface area contributed by atoms with Crippen molar-refractivity contribution in [2.45, 2.75) is 31.9 Å². The third kappa shape index (κ3) is 5.37. The van der Waals surface area contributed by atoms with Crippen LogP contribution in [-0.2, 0) is 9.59 Å². The second-order valence-electron chi connectivity index (χ2n) is 4.60. The number of nitrogens with one attached hydrogen (secondary N) is 1. The molecule has 120 valence electrons. The SMILES string of the molecule is C=CCCC(NC(=O)C(C)Oc1ccc(F)cc1Cl)C(=O)O. The number of allylic oxidation sites excluding steroid dienone is 1. The van der Waals surface area contributed by atoms with Crippen LogP contribution in [0.15, 0.2) is 30.9 Å². The highest BCUT2D eigenvalue weighted by atomic mass is 35.5. The average Bonchev–Trinajstić information content (AvgIpc) is 2.45. The molecule has 1 aromatic rings. The van der Waals surface area contributed by atoms with Crippen LogP contribution in [0.2, 0.25) is 5.02 Å². The molecule has 0 bridgehead atoms. The molecule has 2 unspecified atom stereocenters. The first-order chi connectivity index (χ1) is 10.3. The lowest BCUT2D eigenvalue weighted by Gasteiger charge is -2.19. The molecule has 0 aliphatic heterocycles. The number of carbonyl (C=O) groups is 2. The predicted molar refractivity (Wildman–Crippen MR) is 80.5 cm³/mol. The Balaban J connectivity index is 2.67. The fourth-order valence-corrected chi connectivity index (χ4v) is 1.86. The molecule has 0 saturated carbocycles. The van der Waals surface area contributed by atoms with E-state index in [2.05, 4.69) is 11.9 Å². The number of hydrogen-bond acceptors (Lipinski definition) is 3. The smallest absolute Gasteiger partial charge is 0.326 e. The predicted octanol–water partition coefficient (Wildman–Crippen LogP) is 2.78. The van der Waals surface area contributed by atoms with E-state index in [0.29, 0.717) is 6.42 Å². The Labute approximate surface area is 132 Å². The largest absolute Gasteiger partial charge is 0.480 e. The summed E-state index contributed by atoms with van der Waals surface area (Å²) in [5.74, 6) is -2.12. The van der Waals surface area contributed by atoms with E-state index in [1.54, 1.807) is 6.08 Å². The van der Waals surface area contributed by atoms with Crippen molar-refractivity contribution in [3.63, 3.8) is 0 Å². The minimum Gasteiger partial charge on any atom is -0.480 e. The van der Waals surface area contributed by atoms with Crippen LogP contribution in [-0.4, -0.2) is 29.1 Å². The zero-order valence-electron chi connectivity index (χ0n) is 12.0. The van der Waals surface area contributed by atoms with Gasteiger partial charge < -0.3 is 15.2 Å². The van der Waals surface area contributed by atoms with Crippen molar-refractivity contribution in [2.75, 3.05) is 0 Å². The number of hydrogen-bond donors (Lipinski definition) is 2. The van der Waals surface area contributed by atoms with E-state index in [1.807, 2.05) is 0 Å². The molecule has 7 heteroatoms. The number of carboxylic acid groups (broad SMARTS) is 1. The Bertz CT molecular complexity index is 564. The first kappa shape index (κ1) is 18.0. The van der Waals surface area contributed by atoms with E-state index in [0.717, 1.165) is 12.1 Å². The van der Waals surface area contributed by atoms with E-state index >= 15 is 0 Å². The molecule has 0 aliphatic rings. The molecule has 0 saturated heterocycles. The second-order valence-corrected chi connectivity index (χ2v) is 5.01. The summed E-state index contributed by atoms with van der Waals surface area (Å²) in [7, 11) is 0. The number of carboxylic acids is 1. The minimum absolute atomic E-state index is 0.0288. The molecule has 0 heterocycles. The third-order valence-corrected chi connectivity index (χ3v) is 3.14. The van der Waals surface area contributed by atoms with Crippen LogP contribution in [0.3, 0.4) is 0 Å². The van der Waals surface area contributed by atoms with Crippen molar-refractivity contribution in [1.82, 2.24) is 5.32 Å². The highest BCUT2D eigenvalue weighted by Crippen LogP contribution is 2.25. The Morgan fingerprint density at radius 3 is 2.77 bits per heavy atom. The summed E-state index contributed by atoms with van der Waals surface area (Å²) < 4.78 is 18.3. The Hall–Kier alpha value is -2.08. The molecule has 22 heavy (non-hydrogen) atoms. The molecule has 1 rings (SSSR count). The van der Waals surface area contributed by atoms with Crippen LogP contribution >= 0.6 is 11.6 Å². The normalized spacial score (nSPS) is 13.0. The molecule has 5 nitrogen and oxygen atoms in total. The molecule has 1 aromatic carbocycles. The highest BCUT2D eigenvalue weighted by Gasteiger charge is 2.23. The fraction of sp³-hybridized carbons (Fsp3) is 0.333. The van der Waals surface area contributed by atoms with E-state index in [1.165, 1.54) is 13.0 Å². The topological polar surface area (TPSA) is 75.6 Å². The number of aliphatic carboxylic acids is 1. The van der Waals surface area contributed by atoms with E-state index < -0.39 is 29.8 Å². The van der Waals surface area contributed by atoms with Crippen molar-refractivity contribution in [3.05, 3.63) is 41.7 Å². The van der Waals surface area contributed by atoms with Crippen LogP contribution in [0.25, 0.3) is 0 Å². The van der Waals surface area contributed by atoms with Gasteiger partial charge in [-0.05, 0) is 38.0 Å². The minimum atomic E-state index is -1.14. The van der Waals surface area contributed by atoms with E-state index in [-0.39, 0.29) is 17.2 Å².